The maximum Gasteiger partial charge on any atom is 0.150 e. The first-order valence-corrected chi connectivity index (χ1v) is 6.66. The van der Waals surface area contributed by atoms with Gasteiger partial charge in [-0.05, 0) is 48.2 Å². The van der Waals surface area contributed by atoms with Crippen LogP contribution >= 0.6 is 11.6 Å². The minimum Gasteiger partial charge on any atom is -0.490 e. The van der Waals surface area contributed by atoms with Gasteiger partial charge in [-0.1, -0.05) is 29.8 Å². The lowest BCUT2D eigenvalue weighted by molar-refractivity contribution is 0.112. The highest BCUT2D eigenvalue weighted by Crippen LogP contribution is 2.30. The van der Waals surface area contributed by atoms with Gasteiger partial charge in [0.1, 0.15) is 5.75 Å². The highest BCUT2D eigenvalue weighted by Gasteiger charge is 2.23. The monoisotopic (exact) mass is 272 g/mol. The maximum absolute atomic E-state index is 11.1. The van der Waals surface area contributed by atoms with Gasteiger partial charge in [-0.3, -0.25) is 4.79 Å². The minimum atomic E-state index is 0.395. The number of rotatable bonds is 4. The van der Waals surface area contributed by atoms with E-state index in [1.165, 1.54) is 0 Å². The summed E-state index contributed by atoms with van der Waals surface area (Å²) < 4.78 is 5.70. The normalized spacial score (nSPS) is 14.2. The number of carbonyl (C=O) groups excluding carboxylic acids is 1. The predicted molar refractivity (Wildman–Crippen MR) is 75.9 cm³/mol. The van der Waals surface area contributed by atoms with Crippen molar-refractivity contribution in [2.45, 2.75) is 18.9 Å². The van der Waals surface area contributed by atoms with Gasteiger partial charge in [0.2, 0.25) is 0 Å². The van der Waals surface area contributed by atoms with Crippen molar-refractivity contribution in [2.75, 3.05) is 0 Å². The number of hydrogen-bond acceptors (Lipinski definition) is 2. The van der Waals surface area contributed by atoms with Crippen molar-refractivity contribution in [1.29, 1.82) is 0 Å². The molecule has 2 aromatic carbocycles. The van der Waals surface area contributed by atoms with Crippen molar-refractivity contribution in [3.8, 4) is 16.9 Å². The first kappa shape index (κ1) is 12.2. The highest BCUT2D eigenvalue weighted by atomic mass is 35.5. The zero-order valence-corrected chi connectivity index (χ0v) is 11.1. The van der Waals surface area contributed by atoms with Crippen LogP contribution in [0.5, 0.6) is 5.75 Å². The van der Waals surface area contributed by atoms with Gasteiger partial charge in [-0.25, -0.2) is 0 Å². The zero-order chi connectivity index (χ0) is 13.2. The third kappa shape index (κ3) is 2.79. The van der Waals surface area contributed by atoms with Gasteiger partial charge in [0.25, 0.3) is 0 Å². The molecule has 0 heterocycles. The third-order valence-electron chi connectivity index (χ3n) is 3.13. The summed E-state index contributed by atoms with van der Waals surface area (Å²) in [6.07, 6.45) is 3.52. The number of aldehydes is 1. The lowest BCUT2D eigenvalue weighted by Gasteiger charge is -2.08. The molecule has 0 N–H and O–H groups in total. The summed E-state index contributed by atoms with van der Waals surface area (Å²) in [5, 5.41) is 0.569. The Bertz CT molecular complexity index is 601. The summed E-state index contributed by atoms with van der Waals surface area (Å²) in [6, 6.07) is 13.1. The minimum absolute atomic E-state index is 0.395. The Morgan fingerprint density at radius 2 is 1.84 bits per heavy atom. The van der Waals surface area contributed by atoms with Crippen LogP contribution in [-0.4, -0.2) is 12.4 Å². The van der Waals surface area contributed by atoms with Crippen molar-refractivity contribution in [3.63, 3.8) is 0 Å². The summed E-state index contributed by atoms with van der Waals surface area (Å²) in [5.74, 6) is 0.882. The van der Waals surface area contributed by atoms with Gasteiger partial charge in [0.05, 0.1) is 6.10 Å². The molecule has 2 aromatic rings. The lowest BCUT2D eigenvalue weighted by atomic mass is 10.0. The molecular formula is C16H13ClO2. The van der Waals surface area contributed by atoms with Crippen LogP contribution in [-0.2, 0) is 0 Å². The molecule has 0 unspecified atom stereocenters. The Labute approximate surface area is 117 Å². The van der Waals surface area contributed by atoms with E-state index in [-0.39, 0.29) is 0 Å². The first-order chi connectivity index (χ1) is 9.26. The van der Waals surface area contributed by atoms with E-state index in [1.807, 2.05) is 30.3 Å². The summed E-state index contributed by atoms with van der Waals surface area (Å²) in [5.41, 5.74) is 2.47. The Kier molecular flexibility index (Phi) is 3.26. The molecule has 2 nitrogen and oxygen atoms in total. The summed E-state index contributed by atoms with van der Waals surface area (Å²) in [7, 11) is 0. The second-order valence-corrected chi connectivity index (χ2v) is 5.13. The standard InChI is InChI=1S/C16H13ClO2/c17-13-3-8-16(12(9-13)10-18)11-1-4-14(5-2-11)19-15-6-7-15/h1-5,8-10,15H,6-7H2. The Balaban J connectivity index is 1.90. The average Bonchev–Trinajstić information content (AvgIpc) is 3.24. The number of halogens is 1. The van der Waals surface area contributed by atoms with Crippen molar-refractivity contribution in [3.05, 3.63) is 53.1 Å². The van der Waals surface area contributed by atoms with E-state index in [0.29, 0.717) is 16.7 Å². The van der Waals surface area contributed by atoms with Gasteiger partial charge >= 0.3 is 0 Å². The summed E-state index contributed by atoms with van der Waals surface area (Å²) >= 11 is 5.89. The molecule has 0 saturated heterocycles. The van der Waals surface area contributed by atoms with Gasteiger partial charge in [0, 0.05) is 10.6 Å². The van der Waals surface area contributed by atoms with Crippen LogP contribution in [0.15, 0.2) is 42.5 Å². The molecular weight excluding hydrogens is 260 g/mol. The van der Waals surface area contributed by atoms with Crippen LogP contribution in [0.25, 0.3) is 11.1 Å². The molecule has 96 valence electrons. The van der Waals surface area contributed by atoms with Crippen molar-refractivity contribution in [1.82, 2.24) is 0 Å². The summed E-state index contributed by atoms with van der Waals surface area (Å²) in [6.45, 7) is 0. The van der Waals surface area contributed by atoms with E-state index >= 15 is 0 Å². The van der Waals surface area contributed by atoms with Gasteiger partial charge in [-0.2, -0.15) is 0 Å². The number of ether oxygens (including phenoxy) is 1. The quantitative estimate of drug-likeness (QED) is 0.773. The maximum atomic E-state index is 11.1. The molecule has 0 spiro atoms. The van der Waals surface area contributed by atoms with Crippen molar-refractivity contribution < 1.29 is 9.53 Å². The molecule has 3 heteroatoms. The van der Waals surface area contributed by atoms with E-state index in [1.54, 1.807) is 12.1 Å². The molecule has 1 saturated carbocycles. The predicted octanol–water partition coefficient (Wildman–Crippen LogP) is 4.36. The zero-order valence-electron chi connectivity index (χ0n) is 10.3. The van der Waals surface area contributed by atoms with Crippen LogP contribution < -0.4 is 4.74 Å². The molecule has 0 radical (unpaired) electrons. The van der Waals surface area contributed by atoms with Crippen LogP contribution in [0, 0.1) is 0 Å². The highest BCUT2D eigenvalue weighted by molar-refractivity contribution is 6.31. The third-order valence-corrected chi connectivity index (χ3v) is 3.37. The van der Waals surface area contributed by atoms with E-state index in [9.17, 15) is 4.79 Å². The fraction of sp³-hybridized carbons (Fsp3) is 0.188. The van der Waals surface area contributed by atoms with Crippen molar-refractivity contribution >= 4 is 17.9 Å². The number of benzene rings is 2. The van der Waals surface area contributed by atoms with Crippen LogP contribution in [0.4, 0.5) is 0 Å². The number of hydrogen-bond donors (Lipinski definition) is 0. The molecule has 0 aromatic heterocycles. The van der Waals surface area contributed by atoms with Crippen LogP contribution in [0.3, 0.4) is 0 Å². The molecule has 3 rings (SSSR count). The van der Waals surface area contributed by atoms with Crippen LogP contribution in [0.1, 0.15) is 23.2 Å². The molecule has 19 heavy (non-hydrogen) atoms. The second kappa shape index (κ2) is 5.06. The molecule has 0 bridgehead atoms. The Hall–Kier alpha value is -1.80. The van der Waals surface area contributed by atoms with Gasteiger partial charge in [0.15, 0.2) is 6.29 Å². The van der Waals surface area contributed by atoms with E-state index in [4.69, 9.17) is 16.3 Å². The molecule has 0 aliphatic heterocycles. The van der Waals surface area contributed by atoms with Gasteiger partial charge < -0.3 is 4.74 Å². The van der Waals surface area contributed by atoms with E-state index in [0.717, 1.165) is 36.0 Å². The summed E-state index contributed by atoms with van der Waals surface area (Å²) in [4.78, 5) is 11.1. The second-order valence-electron chi connectivity index (χ2n) is 4.69. The van der Waals surface area contributed by atoms with E-state index < -0.39 is 0 Å². The largest absolute Gasteiger partial charge is 0.490 e. The first-order valence-electron chi connectivity index (χ1n) is 6.28. The molecule has 1 fully saturated rings. The smallest absolute Gasteiger partial charge is 0.150 e. The number of carbonyl (C=O) groups is 1. The Morgan fingerprint density at radius 3 is 2.47 bits per heavy atom. The van der Waals surface area contributed by atoms with Gasteiger partial charge in [-0.15, -0.1) is 0 Å². The lowest BCUT2D eigenvalue weighted by Crippen LogP contribution is -1.95. The molecule has 1 aliphatic rings. The molecule has 0 atom stereocenters. The van der Waals surface area contributed by atoms with E-state index in [2.05, 4.69) is 0 Å². The Morgan fingerprint density at radius 1 is 1.11 bits per heavy atom. The SMILES string of the molecule is O=Cc1cc(Cl)ccc1-c1ccc(OC2CC2)cc1. The topological polar surface area (TPSA) is 26.3 Å². The van der Waals surface area contributed by atoms with Crippen molar-refractivity contribution in [2.24, 2.45) is 0 Å². The molecule has 0 amide bonds. The fourth-order valence-electron chi connectivity index (χ4n) is 1.99. The molecule has 1 aliphatic carbocycles. The average molecular weight is 273 g/mol. The fourth-order valence-corrected chi connectivity index (χ4v) is 2.17. The van der Waals surface area contributed by atoms with Crippen LogP contribution in [0.2, 0.25) is 5.02 Å².